The predicted molar refractivity (Wildman–Crippen MR) is 68.9 cm³/mol. The molecule has 2 N–H and O–H groups in total. The second-order valence-corrected chi connectivity index (χ2v) is 5.92. The van der Waals surface area contributed by atoms with E-state index in [9.17, 15) is 0 Å². The van der Waals surface area contributed by atoms with E-state index in [1.54, 1.807) is 5.56 Å². The largest absolute Gasteiger partial charge is 0.326 e. The molecule has 1 saturated heterocycles. The van der Waals surface area contributed by atoms with Gasteiger partial charge in [-0.2, -0.15) is 0 Å². The molecule has 1 aromatic rings. The molecule has 0 bridgehead atoms. The normalized spacial score (nSPS) is 29.6. The third kappa shape index (κ3) is 1.99. The number of nitrogens with zero attached hydrogens (tertiary/aromatic N) is 1. The Balaban J connectivity index is 1.69. The number of rotatable bonds is 2. The molecule has 2 aliphatic heterocycles. The molecule has 0 aromatic heterocycles. The standard InChI is InChI=1S/C13H18N2S/c14-11-5-6-15(8-11)7-10-9-16-13-4-2-1-3-12(10)13/h1-4,10-11H,5-9,14H2/t10?,11-/m0/s1. The Hall–Kier alpha value is -0.510. The zero-order valence-corrected chi connectivity index (χ0v) is 10.2. The Labute approximate surface area is 101 Å². The summed E-state index contributed by atoms with van der Waals surface area (Å²) in [6.07, 6.45) is 1.17. The van der Waals surface area contributed by atoms with Crippen molar-refractivity contribution in [2.24, 2.45) is 5.73 Å². The second-order valence-electron chi connectivity index (χ2n) is 4.85. The lowest BCUT2D eigenvalue weighted by atomic mass is 10.0. The fourth-order valence-electron chi connectivity index (χ4n) is 2.72. The van der Waals surface area contributed by atoms with E-state index in [2.05, 4.69) is 29.2 Å². The van der Waals surface area contributed by atoms with Gasteiger partial charge >= 0.3 is 0 Å². The average Bonchev–Trinajstić information content (AvgIpc) is 2.87. The van der Waals surface area contributed by atoms with E-state index < -0.39 is 0 Å². The molecule has 2 nitrogen and oxygen atoms in total. The van der Waals surface area contributed by atoms with Crippen molar-refractivity contribution in [1.82, 2.24) is 4.90 Å². The zero-order chi connectivity index (χ0) is 11.0. The highest BCUT2D eigenvalue weighted by atomic mass is 32.2. The molecule has 3 rings (SSSR count). The van der Waals surface area contributed by atoms with E-state index in [4.69, 9.17) is 5.73 Å². The molecule has 3 heteroatoms. The highest BCUT2D eigenvalue weighted by molar-refractivity contribution is 7.99. The summed E-state index contributed by atoms with van der Waals surface area (Å²) in [6.45, 7) is 3.46. The molecular weight excluding hydrogens is 216 g/mol. The van der Waals surface area contributed by atoms with Gasteiger partial charge in [0.05, 0.1) is 0 Å². The predicted octanol–water partition coefficient (Wildman–Crippen LogP) is 1.91. The highest BCUT2D eigenvalue weighted by Crippen LogP contribution is 2.39. The van der Waals surface area contributed by atoms with Crippen LogP contribution in [0.1, 0.15) is 17.9 Å². The SMILES string of the molecule is N[C@H]1CCN(CC2CSc3ccccc32)C1. The maximum atomic E-state index is 5.95. The Kier molecular flexibility index (Phi) is 2.92. The van der Waals surface area contributed by atoms with Crippen LogP contribution in [-0.2, 0) is 0 Å². The van der Waals surface area contributed by atoms with Crippen LogP contribution >= 0.6 is 11.8 Å². The van der Waals surface area contributed by atoms with Crippen LogP contribution in [-0.4, -0.2) is 36.3 Å². The van der Waals surface area contributed by atoms with Crippen molar-refractivity contribution in [3.8, 4) is 0 Å². The molecular formula is C13H18N2S. The van der Waals surface area contributed by atoms with E-state index >= 15 is 0 Å². The van der Waals surface area contributed by atoms with Crippen LogP contribution in [0.25, 0.3) is 0 Å². The summed E-state index contributed by atoms with van der Waals surface area (Å²) < 4.78 is 0. The molecule has 16 heavy (non-hydrogen) atoms. The molecule has 86 valence electrons. The molecule has 0 radical (unpaired) electrons. The van der Waals surface area contributed by atoms with Crippen molar-refractivity contribution in [3.63, 3.8) is 0 Å². The number of likely N-dealkylation sites (tertiary alicyclic amines) is 1. The van der Waals surface area contributed by atoms with Gasteiger partial charge in [0.1, 0.15) is 0 Å². The molecule has 0 amide bonds. The Morgan fingerprint density at radius 1 is 1.38 bits per heavy atom. The van der Waals surface area contributed by atoms with Crippen molar-refractivity contribution in [3.05, 3.63) is 29.8 Å². The Bertz CT molecular complexity index is 380. The summed E-state index contributed by atoms with van der Waals surface area (Å²) in [6, 6.07) is 9.24. The third-order valence-corrected chi connectivity index (χ3v) is 4.84. The number of nitrogens with two attached hydrogens (primary N) is 1. The first kappa shape index (κ1) is 10.6. The average molecular weight is 234 g/mol. The maximum Gasteiger partial charge on any atom is 0.0180 e. The Morgan fingerprint density at radius 2 is 2.25 bits per heavy atom. The summed E-state index contributed by atoms with van der Waals surface area (Å²) in [5.41, 5.74) is 7.50. The van der Waals surface area contributed by atoms with Crippen LogP contribution in [0.3, 0.4) is 0 Å². The first-order valence-corrected chi connectivity index (χ1v) is 7.01. The summed E-state index contributed by atoms with van der Waals surface area (Å²) in [7, 11) is 0. The Morgan fingerprint density at radius 3 is 3.06 bits per heavy atom. The van der Waals surface area contributed by atoms with Crippen molar-refractivity contribution < 1.29 is 0 Å². The number of thioether (sulfide) groups is 1. The molecule has 0 saturated carbocycles. The third-order valence-electron chi connectivity index (χ3n) is 3.59. The summed E-state index contributed by atoms with van der Waals surface area (Å²) in [4.78, 5) is 4.01. The lowest BCUT2D eigenvalue weighted by Gasteiger charge is -2.20. The summed E-state index contributed by atoms with van der Waals surface area (Å²) in [5, 5.41) is 0. The van der Waals surface area contributed by atoms with Gasteiger partial charge in [0.2, 0.25) is 0 Å². The van der Waals surface area contributed by atoms with Gasteiger partial charge in [-0.25, -0.2) is 0 Å². The number of benzene rings is 1. The quantitative estimate of drug-likeness (QED) is 0.847. The molecule has 2 atom stereocenters. The van der Waals surface area contributed by atoms with Gasteiger partial charge in [0.15, 0.2) is 0 Å². The van der Waals surface area contributed by atoms with Gasteiger partial charge in [-0.15, -0.1) is 11.8 Å². The van der Waals surface area contributed by atoms with Gasteiger partial charge in [0.25, 0.3) is 0 Å². The lowest BCUT2D eigenvalue weighted by Crippen LogP contribution is -2.30. The topological polar surface area (TPSA) is 29.3 Å². The van der Waals surface area contributed by atoms with Crippen LogP contribution < -0.4 is 5.73 Å². The fourth-order valence-corrected chi connectivity index (χ4v) is 3.96. The second kappa shape index (κ2) is 4.40. The van der Waals surface area contributed by atoms with Crippen molar-refractivity contribution >= 4 is 11.8 Å². The summed E-state index contributed by atoms with van der Waals surface area (Å²) >= 11 is 2.00. The van der Waals surface area contributed by atoms with Crippen LogP contribution in [0.5, 0.6) is 0 Å². The smallest absolute Gasteiger partial charge is 0.0180 e. The van der Waals surface area contributed by atoms with Gasteiger partial charge in [-0.05, 0) is 24.6 Å². The monoisotopic (exact) mass is 234 g/mol. The molecule has 0 aliphatic carbocycles. The molecule has 2 aliphatic rings. The lowest BCUT2D eigenvalue weighted by molar-refractivity contribution is 0.318. The van der Waals surface area contributed by atoms with Crippen LogP contribution in [0, 0.1) is 0 Å². The number of hydrogen-bond donors (Lipinski definition) is 1. The molecule has 2 heterocycles. The number of hydrogen-bond acceptors (Lipinski definition) is 3. The maximum absolute atomic E-state index is 5.95. The van der Waals surface area contributed by atoms with E-state index in [1.165, 1.54) is 30.2 Å². The van der Waals surface area contributed by atoms with Gasteiger partial charge in [0, 0.05) is 35.7 Å². The van der Waals surface area contributed by atoms with E-state index in [0.717, 1.165) is 6.54 Å². The molecule has 1 unspecified atom stereocenters. The van der Waals surface area contributed by atoms with Crippen molar-refractivity contribution in [2.75, 3.05) is 25.4 Å². The van der Waals surface area contributed by atoms with Gasteiger partial charge in [-0.1, -0.05) is 18.2 Å². The minimum Gasteiger partial charge on any atom is -0.326 e. The summed E-state index contributed by atoms with van der Waals surface area (Å²) in [5.74, 6) is 1.96. The van der Waals surface area contributed by atoms with Gasteiger partial charge in [-0.3, -0.25) is 0 Å². The fraction of sp³-hybridized carbons (Fsp3) is 0.538. The minimum atomic E-state index is 0.407. The van der Waals surface area contributed by atoms with Crippen molar-refractivity contribution in [1.29, 1.82) is 0 Å². The minimum absolute atomic E-state index is 0.407. The zero-order valence-electron chi connectivity index (χ0n) is 9.43. The number of fused-ring (bicyclic) bond motifs is 1. The van der Waals surface area contributed by atoms with Crippen molar-refractivity contribution in [2.45, 2.75) is 23.3 Å². The molecule has 1 aromatic carbocycles. The van der Waals surface area contributed by atoms with Crippen LogP contribution in [0.15, 0.2) is 29.2 Å². The van der Waals surface area contributed by atoms with E-state index in [0.29, 0.717) is 12.0 Å². The van der Waals surface area contributed by atoms with E-state index in [-0.39, 0.29) is 0 Å². The highest BCUT2D eigenvalue weighted by Gasteiger charge is 2.27. The molecule has 0 spiro atoms. The molecule has 1 fully saturated rings. The van der Waals surface area contributed by atoms with Gasteiger partial charge < -0.3 is 10.6 Å². The first-order valence-electron chi connectivity index (χ1n) is 6.02. The van der Waals surface area contributed by atoms with E-state index in [1.807, 2.05) is 11.8 Å². The van der Waals surface area contributed by atoms with Crippen LogP contribution in [0.4, 0.5) is 0 Å². The first-order chi connectivity index (χ1) is 7.83. The van der Waals surface area contributed by atoms with Crippen LogP contribution in [0.2, 0.25) is 0 Å².